The van der Waals surface area contributed by atoms with Crippen LogP contribution >= 0.6 is 0 Å². The highest BCUT2D eigenvalue weighted by molar-refractivity contribution is 6.10. The van der Waals surface area contributed by atoms with Crippen LogP contribution in [0.3, 0.4) is 0 Å². The number of anilines is 2. The summed E-state index contributed by atoms with van der Waals surface area (Å²) >= 11 is 0. The molecule has 0 aliphatic rings. The Morgan fingerprint density at radius 2 is 1.82 bits per heavy atom. The molecule has 2 N–H and O–H groups in total. The molecule has 0 aliphatic carbocycles. The summed E-state index contributed by atoms with van der Waals surface area (Å²) in [7, 11) is 1.57. The van der Waals surface area contributed by atoms with Gasteiger partial charge in [0.1, 0.15) is 5.75 Å². The third kappa shape index (κ3) is 3.85. The minimum atomic E-state index is -0.291. The van der Waals surface area contributed by atoms with Gasteiger partial charge in [-0.15, -0.1) is 0 Å². The van der Waals surface area contributed by atoms with Crippen LogP contribution in [0.1, 0.15) is 23.7 Å². The van der Waals surface area contributed by atoms with Gasteiger partial charge >= 0.3 is 0 Å². The van der Waals surface area contributed by atoms with E-state index in [-0.39, 0.29) is 11.8 Å². The summed E-state index contributed by atoms with van der Waals surface area (Å²) in [5.74, 6) is 0.229. The van der Waals surface area contributed by atoms with Crippen LogP contribution < -0.4 is 15.4 Å². The number of hydrogen-bond donors (Lipinski definition) is 2. The molecular formula is C17H18N2O3. The standard InChI is InChI=1S/C17H18N2O3/c1-3-16(20)19-15-10-5-4-9-14(15)17(21)18-12-7-6-8-13(11-12)22-2/h4-11H,3H2,1-2H3,(H,18,21)(H,19,20). The van der Waals surface area contributed by atoms with E-state index < -0.39 is 0 Å². The zero-order valence-electron chi connectivity index (χ0n) is 12.6. The summed E-state index contributed by atoms with van der Waals surface area (Å²) in [6, 6.07) is 14.0. The van der Waals surface area contributed by atoms with Crippen molar-refractivity contribution in [2.75, 3.05) is 17.7 Å². The summed E-state index contributed by atoms with van der Waals surface area (Å²) in [6.45, 7) is 1.76. The summed E-state index contributed by atoms with van der Waals surface area (Å²) in [4.78, 5) is 23.9. The number of carbonyl (C=O) groups excluding carboxylic acids is 2. The molecule has 5 heteroatoms. The lowest BCUT2D eigenvalue weighted by Crippen LogP contribution is -2.17. The number of ether oxygens (including phenoxy) is 1. The van der Waals surface area contributed by atoms with Crippen molar-refractivity contribution in [3.8, 4) is 5.75 Å². The van der Waals surface area contributed by atoms with E-state index in [0.717, 1.165) is 0 Å². The van der Waals surface area contributed by atoms with Crippen molar-refractivity contribution < 1.29 is 14.3 Å². The number of methoxy groups -OCH3 is 1. The molecule has 0 unspecified atom stereocenters. The van der Waals surface area contributed by atoms with Crippen LogP contribution in [-0.2, 0) is 4.79 Å². The lowest BCUT2D eigenvalue weighted by atomic mass is 10.1. The van der Waals surface area contributed by atoms with Crippen LogP contribution in [-0.4, -0.2) is 18.9 Å². The van der Waals surface area contributed by atoms with Gasteiger partial charge in [0.05, 0.1) is 18.4 Å². The Hall–Kier alpha value is -2.82. The van der Waals surface area contributed by atoms with E-state index in [1.807, 2.05) is 0 Å². The van der Waals surface area contributed by atoms with Crippen LogP contribution in [0.15, 0.2) is 48.5 Å². The fourth-order valence-electron chi connectivity index (χ4n) is 1.93. The average Bonchev–Trinajstić information content (AvgIpc) is 2.55. The second-order valence-electron chi connectivity index (χ2n) is 4.63. The van der Waals surface area contributed by atoms with E-state index in [9.17, 15) is 9.59 Å². The van der Waals surface area contributed by atoms with Crippen molar-refractivity contribution in [2.45, 2.75) is 13.3 Å². The third-order valence-electron chi connectivity index (χ3n) is 3.09. The van der Waals surface area contributed by atoms with Crippen LogP contribution in [0.25, 0.3) is 0 Å². The highest BCUT2D eigenvalue weighted by Crippen LogP contribution is 2.20. The van der Waals surface area contributed by atoms with Gasteiger partial charge in [0.15, 0.2) is 0 Å². The first-order valence-corrected chi connectivity index (χ1v) is 6.98. The van der Waals surface area contributed by atoms with Gasteiger partial charge in [-0.25, -0.2) is 0 Å². The highest BCUT2D eigenvalue weighted by Gasteiger charge is 2.12. The molecule has 2 amide bonds. The molecule has 0 spiro atoms. The average molecular weight is 298 g/mol. The molecule has 0 fully saturated rings. The molecule has 5 nitrogen and oxygen atoms in total. The number of rotatable bonds is 5. The van der Waals surface area contributed by atoms with Crippen LogP contribution in [0.4, 0.5) is 11.4 Å². The third-order valence-corrected chi connectivity index (χ3v) is 3.09. The minimum absolute atomic E-state index is 0.137. The van der Waals surface area contributed by atoms with Crippen LogP contribution in [0.5, 0.6) is 5.75 Å². The maximum absolute atomic E-state index is 12.4. The lowest BCUT2D eigenvalue weighted by Gasteiger charge is -2.11. The molecule has 22 heavy (non-hydrogen) atoms. The Morgan fingerprint density at radius 1 is 1.05 bits per heavy atom. The normalized spacial score (nSPS) is 9.91. The summed E-state index contributed by atoms with van der Waals surface area (Å²) < 4.78 is 5.12. The molecule has 0 bridgehead atoms. The smallest absolute Gasteiger partial charge is 0.257 e. The summed E-state index contributed by atoms with van der Waals surface area (Å²) in [5, 5.41) is 5.52. The molecule has 0 saturated heterocycles. The van der Waals surface area contributed by atoms with Gasteiger partial charge < -0.3 is 15.4 Å². The molecule has 114 valence electrons. The lowest BCUT2D eigenvalue weighted by molar-refractivity contribution is -0.115. The first-order valence-electron chi connectivity index (χ1n) is 6.98. The molecule has 2 aromatic rings. The topological polar surface area (TPSA) is 67.4 Å². The first kappa shape index (κ1) is 15.6. The van der Waals surface area contributed by atoms with Crippen molar-refractivity contribution in [3.63, 3.8) is 0 Å². The maximum Gasteiger partial charge on any atom is 0.257 e. The Balaban J connectivity index is 2.20. The van der Waals surface area contributed by atoms with Gasteiger partial charge in [0.2, 0.25) is 5.91 Å². The monoisotopic (exact) mass is 298 g/mol. The van der Waals surface area contributed by atoms with Crippen molar-refractivity contribution in [1.29, 1.82) is 0 Å². The maximum atomic E-state index is 12.4. The number of amides is 2. The molecule has 2 rings (SSSR count). The van der Waals surface area contributed by atoms with E-state index in [1.165, 1.54) is 0 Å². The van der Waals surface area contributed by atoms with Gasteiger partial charge in [0.25, 0.3) is 5.91 Å². The van der Waals surface area contributed by atoms with Crippen LogP contribution in [0.2, 0.25) is 0 Å². The second kappa shape index (κ2) is 7.26. The van der Waals surface area contributed by atoms with E-state index in [0.29, 0.717) is 29.1 Å². The van der Waals surface area contributed by atoms with Crippen molar-refractivity contribution in [1.82, 2.24) is 0 Å². The van der Waals surface area contributed by atoms with Gasteiger partial charge in [-0.3, -0.25) is 9.59 Å². The number of hydrogen-bond acceptors (Lipinski definition) is 3. The largest absolute Gasteiger partial charge is 0.497 e. The predicted molar refractivity (Wildman–Crippen MR) is 86.3 cm³/mol. The highest BCUT2D eigenvalue weighted by atomic mass is 16.5. The van der Waals surface area contributed by atoms with Crippen molar-refractivity contribution in [3.05, 3.63) is 54.1 Å². The van der Waals surface area contributed by atoms with E-state index in [1.54, 1.807) is 62.6 Å². The molecular weight excluding hydrogens is 280 g/mol. The SMILES string of the molecule is CCC(=O)Nc1ccccc1C(=O)Nc1cccc(OC)c1. The number of carbonyl (C=O) groups is 2. The molecule has 0 aliphatic heterocycles. The van der Waals surface area contributed by atoms with E-state index >= 15 is 0 Å². The molecule has 0 aromatic heterocycles. The van der Waals surface area contributed by atoms with Gasteiger partial charge in [-0.05, 0) is 24.3 Å². The molecule has 0 atom stereocenters. The molecule has 2 aromatic carbocycles. The molecule has 0 radical (unpaired) electrons. The minimum Gasteiger partial charge on any atom is -0.497 e. The van der Waals surface area contributed by atoms with Crippen molar-refractivity contribution >= 4 is 23.2 Å². The number of para-hydroxylation sites is 1. The van der Waals surface area contributed by atoms with E-state index in [2.05, 4.69) is 10.6 Å². The van der Waals surface area contributed by atoms with Crippen LogP contribution in [0, 0.1) is 0 Å². The van der Waals surface area contributed by atoms with E-state index in [4.69, 9.17) is 4.74 Å². The van der Waals surface area contributed by atoms with Gasteiger partial charge in [0, 0.05) is 18.2 Å². The first-order chi connectivity index (χ1) is 10.6. The second-order valence-corrected chi connectivity index (χ2v) is 4.63. The Morgan fingerprint density at radius 3 is 2.55 bits per heavy atom. The molecule has 0 heterocycles. The predicted octanol–water partition coefficient (Wildman–Crippen LogP) is 3.30. The Bertz CT molecular complexity index is 683. The quantitative estimate of drug-likeness (QED) is 0.890. The summed E-state index contributed by atoms with van der Waals surface area (Å²) in [6.07, 6.45) is 0.353. The number of benzene rings is 2. The number of nitrogens with one attached hydrogen (secondary N) is 2. The Kier molecular flexibility index (Phi) is 5.14. The summed E-state index contributed by atoms with van der Waals surface area (Å²) in [5.41, 5.74) is 1.53. The fourth-order valence-corrected chi connectivity index (χ4v) is 1.93. The Labute approximate surface area is 129 Å². The zero-order valence-corrected chi connectivity index (χ0v) is 12.6. The van der Waals surface area contributed by atoms with Gasteiger partial charge in [-0.2, -0.15) is 0 Å². The molecule has 0 saturated carbocycles. The fraction of sp³-hybridized carbons (Fsp3) is 0.176. The van der Waals surface area contributed by atoms with Gasteiger partial charge in [-0.1, -0.05) is 25.1 Å². The van der Waals surface area contributed by atoms with Crippen molar-refractivity contribution in [2.24, 2.45) is 0 Å². The zero-order chi connectivity index (χ0) is 15.9.